The Hall–Kier alpha value is -6.85. The number of hydrogen-bond acceptors (Lipinski definition) is 4. The standard InChI is InChI=1S/C66H67BN4/c1-42-37-59-61-60(38-42)70(49-28-23-46(24-29-49)63(5,6)7)58-41-50(30-31-53(58)67(61)54-40-47(64(8,9)10)25-33-57(54)69(59)48-26-21-45(22-27-48)62(2,3)4)71-56-32-20-44(55-19-15-16-36-68-55)39-52(56)65(11)35-34-43-17-13-14-18-51(43)66(65,71)12/h13-33,36-41H,34-35H2,1-12H3. The van der Waals surface area contributed by atoms with Crippen LogP contribution in [-0.2, 0) is 33.6 Å². The van der Waals surface area contributed by atoms with Crippen LogP contribution in [0.4, 0.5) is 45.5 Å². The molecule has 0 saturated heterocycles. The van der Waals surface area contributed by atoms with Crippen LogP contribution in [-0.4, -0.2) is 11.7 Å². The molecule has 12 rings (SSSR count). The summed E-state index contributed by atoms with van der Waals surface area (Å²) < 4.78 is 0. The summed E-state index contributed by atoms with van der Waals surface area (Å²) in [6, 6.07) is 61.1. The predicted octanol–water partition coefficient (Wildman–Crippen LogP) is 15.3. The molecule has 0 fully saturated rings. The Balaban J connectivity index is 1.13. The molecule has 8 aromatic rings. The van der Waals surface area contributed by atoms with E-state index >= 15 is 0 Å². The fourth-order valence-electron chi connectivity index (χ4n) is 12.9. The van der Waals surface area contributed by atoms with Gasteiger partial charge in [0.2, 0.25) is 0 Å². The van der Waals surface area contributed by atoms with Gasteiger partial charge in [-0.05, 0) is 177 Å². The third kappa shape index (κ3) is 6.82. The lowest BCUT2D eigenvalue weighted by Crippen LogP contribution is -2.61. The molecule has 4 aliphatic rings. The SMILES string of the molecule is Cc1cc2c3c(c1)N(c1ccc(C(C)(C)C)cc1)c1cc(N4c5ccc(-c6ccccn6)cc5C5(C)CCc6ccccc6C45C)ccc1B3c1cc(C(C)(C)C)ccc1N2c1ccc(C(C)(C)C)cc1. The molecule has 1 aromatic heterocycles. The van der Waals surface area contributed by atoms with Gasteiger partial charge in [0.1, 0.15) is 0 Å². The zero-order valence-electron chi connectivity index (χ0n) is 43.9. The van der Waals surface area contributed by atoms with Crippen LogP contribution in [0.1, 0.15) is 122 Å². The number of aromatic nitrogens is 1. The van der Waals surface area contributed by atoms with Crippen molar-refractivity contribution in [3.8, 4) is 11.3 Å². The number of fused-ring (bicyclic) bond motifs is 9. The van der Waals surface area contributed by atoms with E-state index in [1.54, 1.807) is 0 Å². The zero-order chi connectivity index (χ0) is 49.6. The molecule has 0 bridgehead atoms. The lowest BCUT2D eigenvalue weighted by Gasteiger charge is -2.51. The van der Waals surface area contributed by atoms with Crippen LogP contribution in [0.5, 0.6) is 0 Å². The van der Waals surface area contributed by atoms with Crippen molar-refractivity contribution < 1.29 is 0 Å². The number of benzene rings is 7. The number of aryl methyl sites for hydroxylation is 2. The van der Waals surface area contributed by atoms with Crippen molar-refractivity contribution in [2.24, 2.45) is 0 Å². The molecule has 0 saturated carbocycles. The molecule has 71 heavy (non-hydrogen) atoms. The summed E-state index contributed by atoms with van der Waals surface area (Å²) in [4.78, 5) is 12.7. The highest BCUT2D eigenvalue weighted by atomic mass is 15.3. The molecule has 1 aliphatic carbocycles. The summed E-state index contributed by atoms with van der Waals surface area (Å²) in [5.41, 5.74) is 24.9. The van der Waals surface area contributed by atoms with Gasteiger partial charge in [-0.25, -0.2) is 0 Å². The maximum atomic E-state index is 4.83. The largest absolute Gasteiger partial charge is 0.330 e. The zero-order valence-corrected chi connectivity index (χ0v) is 43.9. The summed E-state index contributed by atoms with van der Waals surface area (Å²) in [7, 11) is 0. The van der Waals surface area contributed by atoms with Crippen molar-refractivity contribution in [2.45, 2.75) is 123 Å². The van der Waals surface area contributed by atoms with Crippen LogP contribution in [0.15, 0.2) is 164 Å². The van der Waals surface area contributed by atoms with Gasteiger partial charge in [0.05, 0.1) is 11.2 Å². The number of pyridine rings is 1. The number of nitrogens with zero attached hydrogens (tertiary/aromatic N) is 4. The van der Waals surface area contributed by atoms with Crippen molar-refractivity contribution >= 4 is 68.6 Å². The fourth-order valence-corrected chi connectivity index (χ4v) is 12.9. The summed E-state index contributed by atoms with van der Waals surface area (Å²) in [6.07, 6.45) is 4.00. The van der Waals surface area contributed by atoms with Crippen molar-refractivity contribution in [1.82, 2.24) is 4.98 Å². The number of anilines is 8. The minimum absolute atomic E-state index is 0.000186. The Morgan fingerprint density at radius 2 is 1.07 bits per heavy atom. The van der Waals surface area contributed by atoms with E-state index in [0.717, 1.165) is 24.1 Å². The molecule has 0 spiro atoms. The molecule has 354 valence electrons. The van der Waals surface area contributed by atoms with Gasteiger partial charge in [0.15, 0.2) is 0 Å². The van der Waals surface area contributed by atoms with Gasteiger partial charge in [-0.3, -0.25) is 4.98 Å². The van der Waals surface area contributed by atoms with E-state index in [1.165, 1.54) is 101 Å². The van der Waals surface area contributed by atoms with Crippen LogP contribution >= 0.6 is 0 Å². The highest BCUT2D eigenvalue weighted by Crippen LogP contribution is 2.64. The predicted molar refractivity (Wildman–Crippen MR) is 303 cm³/mol. The smallest absolute Gasteiger partial charge is 0.252 e. The number of rotatable bonds is 4. The van der Waals surface area contributed by atoms with E-state index in [4.69, 9.17) is 4.98 Å². The monoisotopic (exact) mass is 927 g/mol. The molecule has 2 unspecified atom stereocenters. The van der Waals surface area contributed by atoms with Gasteiger partial charge in [-0.15, -0.1) is 0 Å². The van der Waals surface area contributed by atoms with E-state index in [2.05, 4.69) is 249 Å². The first kappa shape index (κ1) is 45.3. The summed E-state index contributed by atoms with van der Waals surface area (Å²) in [6.45, 7) is 28.2. The van der Waals surface area contributed by atoms with Gasteiger partial charge in [0, 0.05) is 62.7 Å². The summed E-state index contributed by atoms with van der Waals surface area (Å²) in [5.74, 6) is 0. The van der Waals surface area contributed by atoms with E-state index in [9.17, 15) is 0 Å². The second kappa shape index (κ2) is 15.6. The van der Waals surface area contributed by atoms with E-state index in [-0.39, 0.29) is 33.9 Å². The fraction of sp³-hybridized carbons (Fsp3) is 0.288. The normalized spacial score (nSPS) is 18.9. The molecule has 7 aromatic carbocycles. The van der Waals surface area contributed by atoms with Crippen LogP contribution in [0.25, 0.3) is 11.3 Å². The molecule has 0 radical (unpaired) electrons. The van der Waals surface area contributed by atoms with Crippen molar-refractivity contribution in [1.29, 1.82) is 0 Å². The van der Waals surface area contributed by atoms with Crippen LogP contribution in [0.2, 0.25) is 0 Å². The molecule has 3 aliphatic heterocycles. The second-order valence-electron chi connectivity index (χ2n) is 24.5. The molecule has 2 atom stereocenters. The maximum Gasteiger partial charge on any atom is 0.252 e. The molecule has 5 heteroatoms. The van der Waals surface area contributed by atoms with Crippen molar-refractivity contribution in [3.63, 3.8) is 0 Å². The minimum Gasteiger partial charge on any atom is -0.330 e. The highest BCUT2D eigenvalue weighted by Gasteiger charge is 2.60. The molecular formula is C66H67BN4. The second-order valence-corrected chi connectivity index (χ2v) is 24.5. The Bertz CT molecular complexity index is 3430. The quantitative estimate of drug-likeness (QED) is 0.164. The van der Waals surface area contributed by atoms with Gasteiger partial charge in [-0.1, -0.05) is 148 Å². The van der Waals surface area contributed by atoms with Gasteiger partial charge in [-0.2, -0.15) is 0 Å². The lowest BCUT2D eigenvalue weighted by molar-refractivity contribution is 0.245. The van der Waals surface area contributed by atoms with E-state index < -0.39 is 0 Å². The van der Waals surface area contributed by atoms with Gasteiger partial charge in [0.25, 0.3) is 6.71 Å². The molecule has 0 amide bonds. The number of hydrogen-bond donors (Lipinski definition) is 0. The Morgan fingerprint density at radius 3 is 1.69 bits per heavy atom. The summed E-state index contributed by atoms with van der Waals surface area (Å²) in [5, 5.41) is 0. The first-order valence-electron chi connectivity index (χ1n) is 25.9. The van der Waals surface area contributed by atoms with Gasteiger partial charge < -0.3 is 14.7 Å². The molecule has 4 nitrogen and oxygen atoms in total. The van der Waals surface area contributed by atoms with Crippen LogP contribution < -0.4 is 31.1 Å². The van der Waals surface area contributed by atoms with Crippen molar-refractivity contribution in [2.75, 3.05) is 14.7 Å². The van der Waals surface area contributed by atoms with E-state index in [1.807, 2.05) is 12.3 Å². The highest BCUT2D eigenvalue weighted by molar-refractivity contribution is 7.00. The Labute approximate surface area is 423 Å². The van der Waals surface area contributed by atoms with Crippen LogP contribution in [0, 0.1) is 6.92 Å². The maximum absolute atomic E-state index is 4.83. The topological polar surface area (TPSA) is 22.6 Å². The molecule has 4 heterocycles. The van der Waals surface area contributed by atoms with Gasteiger partial charge >= 0.3 is 0 Å². The Morgan fingerprint density at radius 1 is 0.493 bits per heavy atom. The molecular weight excluding hydrogens is 860 g/mol. The van der Waals surface area contributed by atoms with Crippen LogP contribution in [0.3, 0.4) is 0 Å². The van der Waals surface area contributed by atoms with E-state index in [0.29, 0.717) is 0 Å². The van der Waals surface area contributed by atoms with Crippen molar-refractivity contribution in [3.05, 3.63) is 203 Å². The average Bonchev–Trinajstić information content (AvgIpc) is 3.56. The first-order valence-corrected chi connectivity index (χ1v) is 25.9. The lowest BCUT2D eigenvalue weighted by atomic mass is 9.33. The third-order valence-corrected chi connectivity index (χ3v) is 17.1. The summed E-state index contributed by atoms with van der Waals surface area (Å²) >= 11 is 0. The third-order valence-electron chi connectivity index (χ3n) is 17.1. The first-order chi connectivity index (χ1) is 33.8. The minimum atomic E-state index is -0.376. The average molecular weight is 927 g/mol. The Kier molecular flexibility index (Phi) is 9.94. The molecule has 0 N–H and O–H groups in total.